The predicted octanol–water partition coefficient (Wildman–Crippen LogP) is 4.44. The van der Waals surface area contributed by atoms with E-state index in [2.05, 4.69) is 48.5 Å². The van der Waals surface area contributed by atoms with Gasteiger partial charge in [-0.25, -0.2) is 14.7 Å². The molecule has 2 heterocycles. The highest BCUT2D eigenvalue weighted by Gasteiger charge is 2.13. The van der Waals surface area contributed by atoms with Gasteiger partial charge in [-0.05, 0) is 46.8 Å². The molecule has 2 N–H and O–H groups in total. The topological polar surface area (TPSA) is 67.1 Å². The fourth-order valence-electron chi connectivity index (χ4n) is 3.13. The molecule has 0 unspecified atom stereocenters. The normalized spacial score (nSPS) is 11.3. The van der Waals surface area contributed by atoms with Crippen LogP contribution < -0.4 is 10.6 Å². The third kappa shape index (κ3) is 5.79. The van der Waals surface area contributed by atoms with E-state index in [0.29, 0.717) is 6.54 Å². The molecule has 0 aliphatic heterocycles. The smallest absolute Gasteiger partial charge is 0.191 e. The minimum atomic E-state index is 0. The van der Waals surface area contributed by atoms with Crippen LogP contribution in [0.5, 0.6) is 0 Å². The lowest BCUT2D eigenvalue weighted by atomic mass is 10.2. The lowest BCUT2D eigenvalue weighted by Gasteiger charge is -2.11. The van der Waals surface area contributed by atoms with Crippen molar-refractivity contribution in [2.24, 2.45) is 4.99 Å². The maximum atomic E-state index is 4.79. The molecular formula is C21H29IN6S. The summed E-state index contributed by atoms with van der Waals surface area (Å²) >= 11 is 1.73. The van der Waals surface area contributed by atoms with Crippen LogP contribution in [0.25, 0.3) is 5.69 Å². The second-order valence-corrected chi connectivity index (χ2v) is 7.97. The van der Waals surface area contributed by atoms with E-state index in [4.69, 9.17) is 10.1 Å². The largest absolute Gasteiger partial charge is 0.357 e. The number of rotatable bonds is 6. The fraction of sp³-hybridized carbons (Fsp3) is 0.381. The standard InChI is InChI=1S/C21H28N6S.HI/c1-6-22-21(24-13-20-15(3)25-17(5)28-20)23-12-19-14(2)26-27(16(19)4)18-10-8-7-9-11-18;/h7-11H,6,12-13H2,1-5H3,(H2,22,23,24);1H. The summed E-state index contributed by atoms with van der Waals surface area (Å²) < 4.78 is 1.99. The van der Waals surface area contributed by atoms with E-state index in [0.717, 1.165) is 52.4 Å². The second kappa shape index (κ2) is 10.7. The van der Waals surface area contributed by atoms with Gasteiger partial charge in [0.2, 0.25) is 0 Å². The van der Waals surface area contributed by atoms with Crippen molar-refractivity contribution in [2.75, 3.05) is 6.54 Å². The molecule has 1 aromatic carbocycles. The number of guanidine groups is 1. The first kappa shape index (κ1) is 23.3. The molecule has 6 nitrogen and oxygen atoms in total. The number of thiazole rings is 1. The zero-order chi connectivity index (χ0) is 20.1. The number of aliphatic imine (C=N–C) groups is 1. The Morgan fingerprint density at radius 1 is 1.07 bits per heavy atom. The average molecular weight is 524 g/mol. The monoisotopic (exact) mass is 524 g/mol. The molecule has 0 atom stereocenters. The fourth-order valence-corrected chi connectivity index (χ4v) is 4.00. The van der Waals surface area contributed by atoms with E-state index >= 15 is 0 Å². The lowest BCUT2D eigenvalue weighted by Crippen LogP contribution is -2.36. The first-order valence-electron chi connectivity index (χ1n) is 9.55. The van der Waals surface area contributed by atoms with Crippen LogP contribution in [0.2, 0.25) is 0 Å². The molecule has 3 aromatic rings. The Morgan fingerprint density at radius 3 is 2.41 bits per heavy atom. The van der Waals surface area contributed by atoms with Crippen LogP contribution in [-0.2, 0) is 13.1 Å². The van der Waals surface area contributed by atoms with Crippen LogP contribution in [0, 0.1) is 27.7 Å². The van der Waals surface area contributed by atoms with E-state index in [9.17, 15) is 0 Å². The second-order valence-electron chi connectivity index (χ2n) is 6.69. The molecule has 0 spiro atoms. The van der Waals surface area contributed by atoms with Gasteiger partial charge < -0.3 is 10.6 Å². The van der Waals surface area contributed by atoms with Crippen LogP contribution in [0.15, 0.2) is 35.3 Å². The number of nitrogens with one attached hydrogen (secondary N) is 2. The van der Waals surface area contributed by atoms with Gasteiger partial charge in [-0.15, -0.1) is 35.3 Å². The van der Waals surface area contributed by atoms with Gasteiger partial charge >= 0.3 is 0 Å². The molecule has 0 saturated heterocycles. The Balaban J connectivity index is 0.00000300. The summed E-state index contributed by atoms with van der Waals surface area (Å²) in [6.07, 6.45) is 0. The van der Waals surface area contributed by atoms with Crippen molar-refractivity contribution in [3.05, 3.63) is 62.9 Å². The number of halogens is 1. The van der Waals surface area contributed by atoms with Crippen molar-refractivity contribution < 1.29 is 0 Å². The lowest BCUT2D eigenvalue weighted by molar-refractivity contribution is 0.815. The number of aromatic nitrogens is 3. The summed E-state index contributed by atoms with van der Waals surface area (Å²) in [5.74, 6) is 0.805. The molecule has 156 valence electrons. The van der Waals surface area contributed by atoms with Gasteiger partial charge in [0.05, 0.1) is 35.2 Å². The minimum Gasteiger partial charge on any atom is -0.357 e. The number of hydrogen-bond donors (Lipinski definition) is 2. The van der Waals surface area contributed by atoms with Crippen LogP contribution in [0.1, 0.15) is 39.5 Å². The molecule has 0 saturated carbocycles. The number of nitrogens with zero attached hydrogens (tertiary/aromatic N) is 4. The van der Waals surface area contributed by atoms with Gasteiger partial charge in [-0.2, -0.15) is 5.10 Å². The molecule has 8 heteroatoms. The molecule has 2 aromatic heterocycles. The molecule has 0 radical (unpaired) electrons. The number of aryl methyl sites for hydroxylation is 3. The Labute approximate surface area is 193 Å². The minimum absolute atomic E-state index is 0. The van der Waals surface area contributed by atoms with Crippen molar-refractivity contribution in [3.8, 4) is 5.69 Å². The number of hydrogen-bond acceptors (Lipinski definition) is 4. The summed E-state index contributed by atoms with van der Waals surface area (Å²) in [6.45, 7) is 12.4. The SMILES string of the molecule is CCNC(=NCc1c(C)nn(-c2ccccc2)c1C)NCc1sc(C)nc1C.I. The van der Waals surface area contributed by atoms with Gasteiger partial charge in [0.25, 0.3) is 0 Å². The molecule has 3 rings (SSSR count). The Morgan fingerprint density at radius 2 is 1.79 bits per heavy atom. The van der Waals surface area contributed by atoms with Crippen LogP contribution in [0.3, 0.4) is 0 Å². The third-order valence-electron chi connectivity index (χ3n) is 4.60. The summed E-state index contributed by atoms with van der Waals surface area (Å²) in [6, 6.07) is 10.2. The Hall–Kier alpha value is -1.94. The van der Waals surface area contributed by atoms with Gasteiger partial charge in [0, 0.05) is 22.7 Å². The van der Waals surface area contributed by atoms with Gasteiger partial charge in [0.1, 0.15) is 0 Å². The van der Waals surface area contributed by atoms with Gasteiger partial charge in [-0.3, -0.25) is 0 Å². The van der Waals surface area contributed by atoms with Crippen LogP contribution >= 0.6 is 35.3 Å². The summed E-state index contributed by atoms with van der Waals surface area (Å²) in [5.41, 5.74) is 5.44. The van der Waals surface area contributed by atoms with E-state index in [1.165, 1.54) is 4.88 Å². The predicted molar refractivity (Wildman–Crippen MR) is 132 cm³/mol. The van der Waals surface area contributed by atoms with Crippen molar-refractivity contribution in [1.29, 1.82) is 0 Å². The van der Waals surface area contributed by atoms with Crippen LogP contribution in [0.4, 0.5) is 0 Å². The summed E-state index contributed by atoms with van der Waals surface area (Å²) in [5, 5.41) is 12.5. The maximum Gasteiger partial charge on any atom is 0.191 e. The molecule has 29 heavy (non-hydrogen) atoms. The van der Waals surface area contributed by atoms with Crippen molar-refractivity contribution in [2.45, 2.75) is 47.7 Å². The zero-order valence-electron chi connectivity index (χ0n) is 17.6. The number of benzene rings is 1. The Kier molecular flexibility index (Phi) is 8.63. The molecule has 0 bridgehead atoms. The number of para-hydroxylation sites is 1. The first-order chi connectivity index (χ1) is 13.5. The highest BCUT2D eigenvalue weighted by Crippen LogP contribution is 2.19. The van der Waals surface area contributed by atoms with E-state index in [1.54, 1.807) is 11.3 Å². The van der Waals surface area contributed by atoms with E-state index < -0.39 is 0 Å². The summed E-state index contributed by atoms with van der Waals surface area (Å²) in [7, 11) is 0. The van der Waals surface area contributed by atoms with Gasteiger partial charge in [0.15, 0.2) is 5.96 Å². The van der Waals surface area contributed by atoms with E-state index in [1.807, 2.05) is 36.7 Å². The quantitative estimate of drug-likeness (QED) is 0.285. The highest BCUT2D eigenvalue weighted by atomic mass is 127. The maximum absolute atomic E-state index is 4.79. The summed E-state index contributed by atoms with van der Waals surface area (Å²) in [4.78, 5) is 10.5. The van der Waals surface area contributed by atoms with Crippen molar-refractivity contribution in [1.82, 2.24) is 25.4 Å². The average Bonchev–Trinajstić information content (AvgIpc) is 3.16. The van der Waals surface area contributed by atoms with E-state index in [-0.39, 0.29) is 24.0 Å². The third-order valence-corrected chi connectivity index (χ3v) is 5.67. The Bertz CT molecular complexity index is 961. The molecule has 0 aliphatic rings. The molecular weight excluding hydrogens is 495 g/mol. The zero-order valence-corrected chi connectivity index (χ0v) is 20.8. The molecule has 0 amide bonds. The van der Waals surface area contributed by atoms with Gasteiger partial charge in [-0.1, -0.05) is 18.2 Å². The first-order valence-corrected chi connectivity index (χ1v) is 10.4. The van der Waals surface area contributed by atoms with Crippen molar-refractivity contribution in [3.63, 3.8) is 0 Å². The highest BCUT2D eigenvalue weighted by molar-refractivity contribution is 14.0. The van der Waals surface area contributed by atoms with Crippen molar-refractivity contribution >= 4 is 41.3 Å². The molecule has 0 fully saturated rings. The molecule has 0 aliphatic carbocycles. The van der Waals surface area contributed by atoms with Crippen LogP contribution in [-0.4, -0.2) is 27.3 Å².